The molecule has 82 valence electrons. The molecule has 6 heteroatoms. The monoisotopic (exact) mass is 237 g/mol. The highest BCUT2D eigenvalue weighted by Gasteiger charge is 2.29. The van der Waals surface area contributed by atoms with Crippen molar-refractivity contribution in [2.45, 2.75) is 13.0 Å². The standard InChI is InChI=1S/C10H8ClN3O2/c1-6-9(10(15)16-14-6)13-12-8-4-2-3-7(11)5-8/h2-5,9H,1H3/t9-/m1/s1. The summed E-state index contributed by atoms with van der Waals surface area (Å²) in [6, 6.07) is 6.14. The van der Waals surface area contributed by atoms with E-state index in [9.17, 15) is 4.79 Å². The van der Waals surface area contributed by atoms with E-state index in [0.717, 1.165) is 0 Å². The highest BCUT2D eigenvalue weighted by atomic mass is 35.5. The van der Waals surface area contributed by atoms with Crippen LogP contribution in [-0.2, 0) is 9.63 Å². The van der Waals surface area contributed by atoms with Gasteiger partial charge in [0.15, 0.2) is 0 Å². The Balaban J connectivity index is 2.15. The summed E-state index contributed by atoms with van der Waals surface area (Å²) in [4.78, 5) is 15.6. The van der Waals surface area contributed by atoms with Crippen molar-refractivity contribution in [2.24, 2.45) is 15.4 Å². The predicted octanol–water partition coefficient (Wildman–Crippen LogP) is 2.73. The first-order valence-corrected chi connectivity index (χ1v) is 4.96. The number of oxime groups is 1. The van der Waals surface area contributed by atoms with E-state index < -0.39 is 12.0 Å². The van der Waals surface area contributed by atoms with Crippen LogP contribution in [0.5, 0.6) is 0 Å². The zero-order valence-corrected chi connectivity index (χ0v) is 9.18. The van der Waals surface area contributed by atoms with Crippen LogP contribution in [0, 0.1) is 0 Å². The van der Waals surface area contributed by atoms with Gasteiger partial charge >= 0.3 is 5.97 Å². The first kappa shape index (κ1) is 10.8. The van der Waals surface area contributed by atoms with Gasteiger partial charge in [0.1, 0.15) is 0 Å². The summed E-state index contributed by atoms with van der Waals surface area (Å²) in [5.74, 6) is -0.511. The Kier molecular flexibility index (Phi) is 2.96. The SMILES string of the molecule is CC1=NOC(=O)[C@@H]1N=Nc1cccc(Cl)c1. The lowest BCUT2D eigenvalue weighted by Crippen LogP contribution is -2.19. The Labute approximate surface area is 96.8 Å². The largest absolute Gasteiger partial charge is 0.367 e. The second-order valence-corrected chi connectivity index (χ2v) is 3.68. The minimum absolute atomic E-state index is 0.496. The van der Waals surface area contributed by atoms with Crippen molar-refractivity contribution < 1.29 is 9.63 Å². The van der Waals surface area contributed by atoms with E-state index >= 15 is 0 Å². The molecule has 1 atom stereocenters. The molecular formula is C10H8ClN3O2. The van der Waals surface area contributed by atoms with Crippen LogP contribution in [0.15, 0.2) is 39.6 Å². The third-order valence-corrected chi connectivity index (χ3v) is 2.23. The van der Waals surface area contributed by atoms with Crippen molar-refractivity contribution in [1.29, 1.82) is 0 Å². The van der Waals surface area contributed by atoms with Crippen molar-refractivity contribution in [3.8, 4) is 0 Å². The molecule has 1 aliphatic heterocycles. The number of rotatable bonds is 2. The molecule has 0 bridgehead atoms. The predicted molar refractivity (Wildman–Crippen MR) is 59.0 cm³/mol. The topological polar surface area (TPSA) is 63.4 Å². The second kappa shape index (κ2) is 4.40. The van der Waals surface area contributed by atoms with Crippen LogP contribution in [0.1, 0.15) is 6.92 Å². The Morgan fingerprint density at radius 2 is 2.31 bits per heavy atom. The molecule has 5 nitrogen and oxygen atoms in total. The molecule has 0 aliphatic carbocycles. The van der Waals surface area contributed by atoms with E-state index in [1.807, 2.05) is 0 Å². The number of hydrogen-bond donors (Lipinski definition) is 0. The van der Waals surface area contributed by atoms with Crippen molar-refractivity contribution in [1.82, 2.24) is 0 Å². The number of azo groups is 1. The molecule has 1 aromatic carbocycles. The van der Waals surface area contributed by atoms with E-state index in [2.05, 4.69) is 20.2 Å². The number of carbonyl (C=O) groups excluding carboxylic acids is 1. The zero-order valence-electron chi connectivity index (χ0n) is 8.42. The fourth-order valence-corrected chi connectivity index (χ4v) is 1.37. The van der Waals surface area contributed by atoms with Gasteiger partial charge in [0.2, 0.25) is 6.04 Å². The van der Waals surface area contributed by atoms with Gasteiger partial charge in [-0.3, -0.25) is 0 Å². The average Bonchev–Trinajstić information content (AvgIpc) is 2.56. The summed E-state index contributed by atoms with van der Waals surface area (Å²) in [5.41, 5.74) is 1.08. The van der Waals surface area contributed by atoms with Gasteiger partial charge < -0.3 is 4.84 Å². The molecule has 0 aromatic heterocycles. The van der Waals surface area contributed by atoms with Gasteiger partial charge in [-0.25, -0.2) is 4.79 Å². The number of carbonyl (C=O) groups is 1. The Morgan fingerprint density at radius 3 is 2.94 bits per heavy atom. The third kappa shape index (κ3) is 2.25. The molecule has 0 spiro atoms. The summed E-state index contributed by atoms with van der Waals surface area (Å²) in [5, 5.41) is 11.8. The first-order valence-electron chi connectivity index (χ1n) is 4.58. The van der Waals surface area contributed by atoms with Gasteiger partial charge in [-0.1, -0.05) is 22.8 Å². The molecule has 0 N–H and O–H groups in total. The number of hydrogen-bond acceptors (Lipinski definition) is 5. The fourth-order valence-electron chi connectivity index (χ4n) is 1.18. The van der Waals surface area contributed by atoms with Crippen LogP contribution in [0.4, 0.5) is 5.69 Å². The summed E-state index contributed by atoms with van der Waals surface area (Å²) >= 11 is 5.78. The number of benzene rings is 1. The van der Waals surface area contributed by atoms with Crippen molar-refractivity contribution in [3.63, 3.8) is 0 Å². The zero-order chi connectivity index (χ0) is 11.5. The van der Waals surface area contributed by atoms with E-state index in [0.29, 0.717) is 16.4 Å². The fraction of sp³-hybridized carbons (Fsp3) is 0.200. The molecule has 16 heavy (non-hydrogen) atoms. The molecule has 0 saturated heterocycles. The molecule has 0 saturated carbocycles. The molecule has 2 rings (SSSR count). The van der Waals surface area contributed by atoms with Crippen molar-refractivity contribution in [2.75, 3.05) is 0 Å². The molecule has 0 fully saturated rings. The van der Waals surface area contributed by atoms with Crippen LogP contribution < -0.4 is 0 Å². The first-order chi connectivity index (χ1) is 7.66. The minimum Gasteiger partial charge on any atom is -0.315 e. The van der Waals surface area contributed by atoms with Gasteiger partial charge in [0.05, 0.1) is 11.4 Å². The number of nitrogens with zero attached hydrogens (tertiary/aromatic N) is 3. The molecule has 0 radical (unpaired) electrons. The van der Waals surface area contributed by atoms with E-state index in [1.165, 1.54) is 0 Å². The molecular weight excluding hydrogens is 230 g/mol. The van der Waals surface area contributed by atoms with E-state index in [-0.39, 0.29) is 0 Å². The maximum atomic E-state index is 11.2. The average molecular weight is 238 g/mol. The van der Waals surface area contributed by atoms with Crippen LogP contribution in [0.25, 0.3) is 0 Å². The Hall–Kier alpha value is -1.75. The van der Waals surface area contributed by atoms with Crippen LogP contribution in [-0.4, -0.2) is 17.7 Å². The third-order valence-electron chi connectivity index (χ3n) is 2.00. The van der Waals surface area contributed by atoms with Crippen molar-refractivity contribution in [3.05, 3.63) is 29.3 Å². The van der Waals surface area contributed by atoms with E-state index in [4.69, 9.17) is 11.6 Å². The molecule has 1 heterocycles. The lowest BCUT2D eigenvalue weighted by molar-refractivity contribution is -0.141. The van der Waals surface area contributed by atoms with Crippen LogP contribution >= 0.6 is 11.6 Å². The highest BCUT2D eigenvalue weighted by Crippen LogP contribution is 2.19. The molecule has 1 aliphatic rings. The van der Waals surface area contributed by atoms with Gasteiger partial charge in [-0.2, -0.15) is 10.2 Å². The highest BCUT2D eigenvalue weighted by molar-refractivity contribution is 6.30. The maximum absolute atomic E-state index is 11.2. The van der Waals surface area contributed by atoms with Crippen molar-refractivity contribution >= 4 is 29.0 Å². The summed E-state index contributed by atoms with van der Waals surface area (Å²) in [6.45, 7) is 1.66. The molecule has 0 unspecified atom stereocenters. The lowest BCUT2D eigenvalue weighted by Gasteiger charge is -1.97. The van der Waals surface area contributed by atoms with Gasteiger partial charge in [-0.05, 0) is 25.1 Å². The maximum Gasteiger partial charge on any atom is 0.367 e. The number of halogens is 1. The van der Waals surface area contributed by atoms with Gasteiger partial charge in [0.25, 0.3) is 0 Å². The van der Waals surface area contributed by atoms with Crippen LogP contribution in [0.3, 0.4) is 0 Å². The minimum atomic E-state index is -0.737. The van der Waals surface area contributed by atoms with Gasteiger partial charge in [-0.15, -0.1) is 0 Å². The summed E-state index contributed by atoms with van der Waals surface area (Å²) in [6.07, 6.45) is 0. The molecule has 0 amide bonds. The molecule has 1 aromatic rings. The quantitative estimate of drug-likeness (QED) is 0.586. The van der Waals surface area contributed by atoms with E-state index in [1.54, 1.807) is 31.2 Å². The normalized spacial score (nSPS) is 20.0. The van der Waals surface area contributed by atoms with Gasteiger partial charge in [0, 0.05) is 5.02 Å². The smallest absolute Gasteiger partial charge is 0.315 e. The Bertz CT molecular complexity index is 485. The summed E-state index contributed by atoms with van der Waals surface area (Å²) < 4.78 is 0. The second-order valence-electron chi connectivity index (χ2n) is 3.24. The lowest BCUT2D eigenvalue weighted by atomic mass is 10.2. The Morgan fingerprint density at radius 1 is 1.50 bits per heavy atom. The van der Waals surface area contributed by atoms with Crippen LogP contribution in [0.2, 0.25) is 5.02 Å². The summed E-state index contributed by atoms with van der Waals surface area (Å²) in [7, 11) is 0.